The molecule has 0 atom stereocenters. The molecule has 1 aliphatic heterocycles. The van der Waals surface area contributed by atoms with Gasteiger partial charge in [-0.1, -0.05) is 0 Å². The first-order chi connectivity index (χ1) is 8.99. The molecule has 19 heavy (non-hydrogen) atoms. The molecule has 1 aromatic heterocycles. The summed E-state index contributed by atoms with van der Waals surface area (Å²) < 4.78 is 25.1. The molecule has 1 saturated heterocycles. The zero-order valence-electron chi connectivity index (χ0n) is 11.3. The van der Waals surface area contributed by atoms with Gasteiger partial charge in [-0.25, -0.2) is 18.1 Å². The first-order valence-electron chi connectivity index (χ1n) is 6.34. The minimum Gasteiger partial charge on any atom is -0.385 e. The zero-order chi connectivity index (χ0) is 13.9. The molecule has 0 spiro atoms. The van der Waals surface area contributed by atoms with E-state index in [4.69, 9.17) is 0 Å². The van der Waals surface area contributed by atoms with Crippen LogP contribution < -0.4 is 14.9 Å². The molecule has 1 fully saturated rings. The monoisotopic (exact) mass is 284 g/mol. The third-order valence-electron chi connectivity index (χ3n) is 3.23. The average molecular weight is 284 g/mol. The maximum absolute atomic E-state index is 11.2. The summed E-state index contributed by atoms with van der Waals surface area (Å²) in [5.74, 6) is 0.933. The number of pyridine rings is 1. The maximum atomic E-state index is 11.2. The molecule has 2 heterocycles. The Labute approximate surface area is 114 Å². The van der Waals surface area contributed by atoms with Crippen LogP contribution >= 0.6 is 0 Å². The van der Waals surface area contributed by atoms with Crippen LogP contribution in [0.3, 0.4) is 0 Å². The second-order valence-corrected chi connectivity index (χ2v) is 6.56. The molecule has 1 aliphatic rings. The molecule has 0 aliphatic carbocycles. The lowest BCUT2D eigenvalue weighted by Gasteiger charge is -2.33. The summed E-state index contributed by atoms with van der Waals surface area (Å²) in [4.78, 5) is 6.58. The third kappa shape index (κ3) is 3.81. The van der Waals surface area contributed by atoms with Crippen molar-refractivity contribution in [1.29, 1.82) is 0 Å². The lowest BCUT2D eigenvalue weighted by Crippen LogP contribution is -2.44. The first kappa shape index (κ1) is 14.1. The maximum Gasteiger partial charge on any atom is 0.208 e. The second-order valence-electron chi connectivity index (χ2n) is 4.78. The van der Waals surface area contributed by atoms with Gasteiger partial charge >= 0.3 is 0 Å². The molecule has 0 aromatic carbocycles. The molecule has 0 bridgehead atoms. The van der Waals surface area contributed by atoms with E-state index in [1.165, 1.54) is 6.26 Å². The molecule has 6 nitrogen and oxygen atoms in total. The number of nitrogens with one attached hydrogen (secondary N) is 2. The number of piperidine rings is 1. The Bertz CT molecular complexity index is 524. The van der Waals surface area contributed by atoms with Gasteiger partial charge in [-0.05, 0) is 25.0 Å². The van der Waals surface area contributed by atoms with Crippen molar-refractivity contribution in [3.05, 3.63) is 18.3 Å². The number of aromatic nitrogens is 1. The lowest BCUT2D eigenvalue weighted by atomic mass is 10.1. The van der Waals surface area contributed by atoms with Crippen molar-refractivity contribution >= 4 is 21.5 Å². The van der Waals surface area contributed by atoms with E-state index < -0.39 is 10.0 Å². The predicted molar refractivity (Wildman–Crippen MR) is 77.0 cm³/mol. The Balaban J connectivity index is 2.00. The van der Waals surface area contributed by atoms with Gasteiger partial charge in [0, 0.05) is 32.4 Å². The number of rotatable bonds is 4. The van der Waals surface area contributed by atoms with Gasteiger partial charge in [-0.15, -0.1) is 0 Å². The van der Waals surface area contributed by atoms with Crippen molar-refractivity contribution in [3.63, 3.8) is 0 Å². The largest absolute Gasteiger partial charge is 0.385 e. The molecule has 0 radical (unpaired) electrons. The van der Waals surface area contributed by atoms with Gasteiger partial charge in [0.25, 0.3) is 0 Å². The van der Waals surface area contributed by atoms with E-state index >= 15 is 0 Å². The third-order valence-corrected chi connectivity index (χ3v) is 3.99. The van der Waals surface area contributed by atoms with Crippen LogP contribution in [0.5, 0.6) is 0 Å². The standard InChI is InChI=1S/C12H20N4O2S/c1-13-11-4-3-7-14-12(11)16-8-5-10(6-9-16)15-19(2,17)18/h3-4,7,10,13,15H,5-6,8-9H2,1-2H3. The molecular formula is C12H20N4O2S. The highest BCUT2D eigenvalue weighted by Gasteiger charge is 2.23. The highest BCUT2D eigenvalue weighted by Crippen LogP contribution is 2.25. The van der Waals surface area contributed by atoms with E-state index in [-0.39, 0.29) is 6.04 Å². The highest BCUT2D eigenvalue weighted by atomic mass is 32.2. The Morgan fingerprint density at radius 2 is 2.05 bits per heavy atom. The minimum absolute atomic E-state index is 0.0352. The van der Waals surface area contributed by atoms with Crippen molar-refractivity contribution in [2.75, 3.05) is 36.6 Å². The summed E-state index contributed by atoms with van der Waals surface area (Å²) >= 11 is 0. The summed E-state index contributed by atoms with van der Waals surface area (Å²) in [5.41, 5.74) is 0.997. The second kappa shape index (κ2) is 5.75. The van der Waals surface area contributed by atoms with Crippen molar-refractivity contribution < 1.29 is 8.42 Å². The van der Waals surface area contributed by atoms with Gasteiger partial charge in [0.2, 0.25) is 10.0 Å². The van der Waals surface area contributed by atoms with E-state index in [9.17, 15) is 8.42 Å². The van der Waals surface area contributed by atoms with Crippen molar-refractivity contribution in [2.45, 2.75) is 18.9 Å². The van der Waals surface area contributed by atoms with Crippen LogP contribution in [0.1, 0.15) is 12.8 Å². The van der Waals surface area contributed by atoms with Crippen LogP contribution in [-0.4, -0.2) is 45.8 Å². The summed E-state index contributed by atoms with van der Waals surface area (Å²) in [5, 5.41) is 3.13. The highest BCUT2D eigenvalue weighted by molar-refractivity contribution is 7.88. The minimum atomic E-state index is -3.12. The number of hydrogen-bond donors (Lipinski definition) is 2. The van der Waals surface area contributed by atoms with E-state index in [0.717, 1.165) is 37.4 Å². The Kier molecular flexibility index (Phi) is 4.26. The van der Waals surface area contributed by atoms with Crippen molar-refractivity contribution in [3.8, 4) is 0 Å². The van der Waals surface area contributed by atoms with E-state index in [2.05, 4.69) is 19.9 Å². The topological polar surface area (TPSA) is 74.3 Å². The van der Waals surface area contributed by atoms with E-state index in [1.807, 2.05) is 19.2 Å². The van der Waals surface area contributed by atoms with Gasteiger partial charge in [0.15, 0.2) is 5.82 Å². The molecule has 0 amide bonds. The first-order valence-corrected chi connectivity index (χ1v) is 8.24. The molecule has 1 aromatic rings. The molecule has 0 saturated carbocycles. The SMILES string of the molecule is CNc1cccnc1N1CCC(NS(C)(=O)=O)CC1. The molecular weight excluding hydrogens is 264 g/mol. The normalized spacial score (nSPS) is 17.5. The summed E-state index contributed by atoms with van der Waals surface area (Å²) in [7, 11) is -1.24. The fourth-order valence-corrected chi connectivity index (χ4v) is 3.20. The number of nitrogens with zero attached hydrogens (tertiary/aromatic N) is 2. The van der Waals surface area contributed by atoms with Crippen LogP contribution in [0, 0.1) is 0 Å². The molecule has 7 heteroatoms. The molecule has 2 rings (SSSR count). The smallest absolute Gasteiger partial charge is 0.208 e. The van der Waals surface area contributed by atoms with Crippen molar-refractivity contribution in [2.24, 2.45) is 0 Å². The van der Waals surface area contributed by atoms with Crippen LogP contribution in [0.4, 0.5) is 11.5 Å². The van der Waals surface area contributed by atoms with E-state index in [1.54, 1.807) is 6.20 Å². The van der Waals surface area contributed by atoms with Crippen LogP contribution in [0.2, 0.25) is 0 Å². The van der Waals surface area contributed by atoms with Gasteiger partial charge < -0.3 is 10.2 Å². The molecule has 2 N–H and O–H groups in total. The van der Waals surface area contributed by atoms with E-state index in [0.29, 0.717) is 0 Å². The summed E-state index contributed by atoms with van der Waals surface area (Å²) in [6, 6.07) is 3.92. The van der Waals surface area contributed by atoms with Gasteiger partial charge in [-0.3, -0.25) is 0 Å². The zero-order valence-corrected chi connectivity index (χ0v) is 12.1. The van der Waals surface area contributed by atoms with Gasteiger partial charge in [0.1, 0.15) is 0 Å². The Hall–Kier alpha value is -1.34. The molecule has 106 valence electrons. The number of sulfonamides is 1. The van der Waals surface area contributed by atoms with Gasteiger partial charge in [0.05, 0.1) is 11.9 Å². The average Bonchev–Trinajstić information content (AvgIpc) is 2.38. The lowest BCUT2D eigenvalue weighted by molar-refractivity contribution is 0.460. The summed E-state index contributed by atoms with van der Waals surface area (Å²) in [6.07, 6.45) is 4.58. The van der Waals surface area contributed by atoms with Crippen molar-refractivity contribution in [1.82, 2.24) is 9.71 Å². The Morgan fingerprint density at radius 1 is 1.37 bits per heavy atom. The molecule has 0 unspecified atom stereocenters. The quantitative estimate of drug-likeness (QED) is 0.849. The van der Waals surface area contributed by atoms with Gasteiger partial charge in [-0.2, -0.15) is 0 Å². The predicted octanol–water partition coefficient (Wildman–Crippen LogP) is 0.641. The van der Waals surface area contributed by atoms with Crippen LogP contribution in [0.15, 0.2) is 18.3 Å². The van der Waals surface area contributed by atoms with Crippen LogP contribution in [-0.2, 0) is 10.0 Å². The fraction of sp³-hybridized carbons (Fsp3) is 0.583. The van der Waals surface area contributed by atoms with Crippen LogP contribution in [0.25, 0.3) is 0 Å². The number of hydrogen-bond acceptors (Lipinski definition) is 5. The Morgan fingerprint density at radius 3 is 2.63 bits per heavy atom. The number of anilines is 2. The summed E-state index contributed by atoms with van der Waals surface area (Å²) in [6.45, 7) is 1.61. The fourth-order valence-electron chi connectivity index (χ4n) is 2.36.